The number of carbonyl (C=O) groups excluding carboxylic acids is 1. The summed E-state index contributed by atoms with van der Waals surface area (Å²) in [6.07, 6.45) is 0. The van der Waals surface area contributed by atoms with Gasteiger partial charge in [-0.1, -0.05) is 56.3 Å². The van der Waals surface area contributed by atoms with E-state index in [0.29, 0.717) is 18.1 Å². The van der Waals surface area contributed by atoms with Gasteiger partial charge in [-0.3, -0.25) is 4.79 Å². The standard InChI is InChI=1S/C20H23NO5/c1-14(2)19(20(23)24)21-18(22)13-26-17-11-7-6-10-16(17)25-12-15-8-4-3-5-9-15/h3-11,14,19H,12-13H2,1-2H3,(H,21,22)(H,23,24)/t19-/m0/s1. The van der Waals surface area contributed by atoms with Crippen LogP contribution in [-0.2, 0) is 16.2 Å². The molecular weight excluding hydrogens is 334 g/mol. The summed E-state index contributed by atoms with van der Waals surface area (Å²) < 4.78 is 11.3. The summed E-state index contributed by atoms with van der Waals surface area (Å²) in [5.74, 6) is -0.848. The average Bonchev–Trinajstić information content (AvgIpc) is 2.63. The summed E-state index contributed by atoms with van der Waals surface area (Å²) in [6.45, 7) is 3.54. The number of hydrogen-bond donors (Lipinski definition) is 2. The summed E-state index contributed by atoms with van der Waals surface area (Å²) in [5, 5.41) is 11.6. The molecule has 26 heavy (non-hydrogen) atoms. The van der Waals surface area contributed by atoms with Gasteiger partial charge >= 0.3 is 5.97 Å². The lowest BCUT2D eigenvalue weighted by atomic mass is 10.1. The maximum atomic E-state index is 12.0. The smallest absolute Gasteiger partial charge is 0.326 e. The number of rotatable bonds is 9. The molecule has 1 amide bonds. The number of amides is 1. The summed E-state index contributed by atoms with van der Waals surface area (Å²) >= 11 is 0. The van der Waals surface area contributed by atoms with Gasteiger partial charge in [0.15, 0.2) is 18.1 Å². The maximum absolute atomic E-state index is 12.0. The Morgan fingerprint density at radius 2 is 1.54 bits per heavy atom. The van der Waals surface area contributed by atoms with Gasteiger partial charge in [-0.05, 0) is 23.6 Å². The van der Waals surface area contributed by atoms with Gasteiger partial charge in [-0.2, -0.15) is 0 Å². The normalized spacial score (nSPS) is 11.7. The second-order valence-corrected chi connectivity index (χ2v) is 6.14. The van der Waals surface area contributed by atoms with Crippen LogP contribution in [0.2, 0.25) is 0 Å². The fourth-order valence-corrected chi connectivity index (χ4v) is 2.30. The van der Waals surface area contributed by atoms with E-state index in [-0.39, 0.29) is 12.5 Å². The SMILES string of the molecule is CC(C)[C@H](NC(=O)COc1ccccc1OCc1ccccc1)C(=O)O. The van der Waals surface area contributed by atoms with Crippen LogP contribution in [0.5, 0.6) is 11.5 Å². The molecular formula is C20H23NO5. The molecule has 0 unspecified atom stereocenters. The molecule has 0 aliphatic heterocycles. The molecule has 0 aromatic heterocycles. The van der Waals surface area contributed by atoms with Crippen LogP contribution in [0.4, 0.5) is 0 Å². The molecule has 0 radical (unpaired) electrons. The van der Waals surface area contributed by atoms with Crippen molar-refractivity contribution in [3.63, 3.8) is 0 Å². The Morgan fingerprint density at radius 1 is 0.962 bits per heavy atom. The minimum atomic E-state index is -1.07. The minimum absolute atomic E-state index is 0.224. The highest BCUT2D eigenvalue weighted by Gasteiger charge is 2.23. The predicted octanol–water partition coefficient (Wildman–Crippen LogP) is 2.87. The first-order valence-electron chi connectivity index (χ1n) is 8.38. The second-order valence-electron chi connectivity index (χ2n) is 6.14. The minimum Gasteiger partial charge on any atom is -0.485 e. The topological polar surface area (TPSA) is 84.9 Å². The zero-order chi connectivity index (χ0) is 18.9. The van der Waals surface area contributed by atoms with Crippen molar-refractivity contribution in [1.29, 1.82) is 0 Å². The molecule has 138 valence electrons. The molecule has 0 spiro atoms. The zero-order valence-electron chi connectivity index (χ0n) is 14.8. The van der Waals surface area contributed by atoms with Crippen LogP contribution in [0.1, 0.15) is 19.4 Å². The number of ether oxygens (including phenoxy) is 2. The second kappa shape index (κ2) is 9.46. The van der Waals surface area contributed by atoms with Gasteiger partial charge in [0.1, 0.15) is 12.6 Å². The molecule has 0 saturated heterocycles. The summed E-state index contributed by atoms with van der Waals surface area (Å²) in [6, 6.07) is 15.8. The van der Waals surface area contributed by atoms with E-state index in [9.17, 15) is 9.59 Å². The molecule has 6 nitrogen and oxygen atoms in total. The predicted molar refractivity (Wildman–Crippen MR) is 97.1 cm³/mol. The lowest BCUT2D eigenvalue weighted by molar-refractivity contribution is -0.143. The Hall–Kier alpha value is -3.02. The first kappa shape index (κ1) is 19.3. The lowest BCUT2D eigenvalue weighted by Gasteiger charge is -2.18. The van der Waals surface area contributed by atoms with Crippen LogP contribution >= 0.6 is 0 Å². The lowest BCUT2D eigenvalue weighted by Crippen LogP contribution is -2.46. The number of para-hydroxylation sites is 2. The largest absolute Gasteiger partial charge is 0.485 e. The summed E-state index contributed by atoms with van der Waals surface area (Å²) in [7, 11) is 0. The number of carbonyl (C=O) groups is 2. The Bertz CT molecular complexity index is 730. The summed E-state index contributed by atoms with van der Waals surface area (Å²) in [4.78, 5) is 23.1. The van der Waals surface area contributed by atoms with Crippen LogP contribution < -0.4 is 14.8 Å². The van der Waals surface area contributed by atoms with Crippen LogP contribution in [0, 0.1) is 5.92 Å². The Kier molecular flexibility index (Phi) is 7.02. The molecule has 0 fully saturated rings. The van der Waals surface area contributed by atoms with Crippen molar-refractivity contribution in [3.8, 4) is 11.5 Å². The number of carboxylic acid groups (broad SMARTS) is 1. The van der Waals surface area contributed by atoms with Crippen LogP contribution in [0.15, 0.2) is 54.6 Å². The average molecular weight is 357 g/mol. The molecule has 6 heteroatoms. The fraction of sp³-hybridized carbons (Fsp3) is 0.300. The van der Waals surface area contributed by atoms with Crippen molar-refractivity contribution in [2.45, 2.75) is 26.5 Å². The van der Waals surface area contributed by atoms with E-state index in [0.717, 1.165) is 5.56 Å². The number of aliphatic carboxylic acids is 1. The zero-order valence-corrected chi connectivity index (χ0v) is 14.8. The van der Waals surface area contributed by atoms with Gasteiger partial charge < -0.3 is 19.9 Å². The van der Waals surface area contributed by atoms with Crippen molar-refractivity contribution >= 4 is 11.9 Å². The first-order chi connectivity index (χ1) is 12.5. The molecule has 2 aromatic carbocycles. The van der Waals surface area contributed by atoms with E-state index >= 15 is 0 Å². The molecule has 2 rings (SSSR count). The molecule has 2 aromatic rings. The van der Waals surface area contributed by atoms with Gasteiger partial charge in [0.2, 0.25) is 0 Å². The molecule has 0 aliphatic carbocycles. The highest BCUT2D eigenvalue weighted by molar-refractivity contribution is 5.84. The van der Waals surface area contributed by atoms with E-state index in [1.54, 1.807) is 32.0 Å². The van der Waals surface area contributed by atoms with Crippen molar-refractivity contribution in [3.05, 3.63) is 60.2 Å². The Labute approximate surface area is 152 Å². The Balaban J connectivity index is 1.93. The third kappa shape index (κ3) is 5.81. The van der Waals surface area contributed by atoms with Crippen LogP contribution in [0.3, 0.4) is 0 Å². The van der Waals surface area contributed by atoms with E-state index in [1.807, 2.05) is 36.4 Å². The van der Waals surface area contributed by atoms with E-state index in [2.05, 4.69) is 5.32 Å². The number of nitrogens with one attached hydrogen (secondary N) is 1. The third-order valence-electron chi connectivity index (χ3n) is 3.69. The molecule has 1 atom stereocenters. The molecule has 0 bridgehead atoms. The van der Waals surface area contributed by atoms with Crippen LogP contribution in [-0.4, -0.2) is 29.6 Å². The van der Waals surface area contributed by atoms with E-state index in [1.165, 1.54) is 0 Å². The molecule has 2 N–H and O–H groups in total. The van der Waals surface area contributed by atoms with Gasteiger partial charge in [-0.15, -0.1) is 0 Å². The van der Waals surface area contributed by atoms with Crippen molar-refractivity contribution in [2.24, 2.45) is 5.92 Å². The van der Waals surface area contributed by atoms with Gasteiger partial charge in [0.25, 0.3) is 5.91 Å². The van der Waals surface area contributed by atoms with Gasteiger partial charge in [0, 0.05) is 0 Å². The number of benzene rings is 2. The fourth-order valence-electron chi connectivity index (χ4n) is 2.30. The van der Waals surface area contributed by atoms with Crippen molar-refractivity contribution < 1.29 is 24.2 Å². The highest BCUT2D eigenvalue weighted by atomic mass is 16.5. The number of hydrogen-bond acceptors (Lipinski definition) is 4. The molecule has 0 heterocycles. The van der Waals surface area contributed by atoms with Crippen LogP contribution in [0.25, 0.3) is 0 Å². The Morgan fingerprint density at radius 3 is 2.12 bits per heavy atom. The van der Waals surface area contributed by atoms with Crippen molar-refractivity contribution in [2.75, 3.05) is 6.61 Å². The summed E-state index contributed by atoms with van der Waals surface area (Å²) in [5.41, 5.74) is 1.02. The number of carboxylic acids is 1. The monoisotopic (exact) mass is 357 g/mol. The van der Waals surface area contributed by atoms with Crippen molar-refractivity contribution in [1.82, 2.24) is 5.32 Å². The third-order valence-corrected chi connectivity index (χ3v) is 3.69. The first-order valence-corrected chi connectivity index (χ1v) is 8.38. The van der Waals surface area contributed by atoms with E-state index < -0.39 is 17.9 Å². The molecule has 0 saturated carbocycles. The molecule has 0 aliphatic rings. The van der Waals surface area contributed by atoms with E-state index in [4.69, 9.17) is 14.6 Å². The maximum Gasteiger partial charge on any atom is 0.326 e. The quantitative estimate of drug-likeness (QED) is 0.721. The van der Waals surface area contributed by atoms with Gasteiger partial charge in [-0.25, -0.2) is 4.79 Å². The highest BCUT2D eigenvalue weighted by Crippen LogP contribution is 2.27. The van der Waals surface area contributed by atoms with Gasteiger partial charge in [0.05, 0.1) is 0 Å².